The first-order valence-electron chi connectivity index (χ1n) is 11.3. The van der Waals surface area contributed by atoms with E-state index >= 15 is 0 Å². The summed E-state index contributed by atoms with van der Waals surface area (Å²) < 4.78 is 11.0. The number of rotatable bonds is 13. The molecule has 0 aromatic heterocycles. The van der Waals surface area contributed by atoms with Crippen LogP contribution in [0, 0.1) is 5.92 Å². The molecule has 2 amide bonds. The summed E-state index contributed by atoms with van der Waals surface area (Å²) in [6.45, 7) is 7.41. The minimum atomic E-state index is -0.525. The zero-order chi connectivity index (χ0) is 23.3. The number of amides is 2. The number of nitrogens with zero attached hydrogens (tertiary/aromatic N) is 1. The predicted molar refractivity (Wildman–Crippen MR) is 127 cm³/mol. The van der Waals surface area contributed by atoms with Crippen molar-refractivity contribution in [2.75, 3.05) is 20.3 Å². The molecule has 6 heteroatoms. The maximum Gasteiger partial charge on any atom is 0.242 e. The monoisotopic (exact) mass is 440 g/mol. The number of methoxy groups -OCH3 is 1. The van der Waals surface area contributed by atoms with E-state index in [-0.39, 0.29) is 11.8 Å². The summed E-state index contributed by atoms with van der Waals surface area (Å²) in [5, 5.41) is 2.98. The maximum absolute atomic E-state index is 13.2. The number of carbonyl (C=O) groups is 2. The fourth-order valence-corrected chi connectivity index (χ4v) is 3.38. The van der Waals surface area contributed by atoms with Crippen molar-refractivity contribution in [3.63, 3.8) is 0 Å². The highest BCUT2D eigenvalue weighted by molar-refractivity contribution is 5.87. The van der Waals surface area contributed by atoms with Crippen molar-refractivity contribution in [2.24, 2.45) is 5.92 Å². The highest BCUT2D eigenvalue weighted by Crippen LogP contribution is 2.18. The first-order chi connectivity index (χ1) is 15.4. The molecule has 1 atom stereocenters. The lowest BCUT2D eigenvalue weighted by Crippen LogP contribution is -2.49. The summed E-state index contributed by atoms with van der Waals surface area (Å²) in [4.78, 5) is 27.8. The van der Waals surface area contributed by atoms with Gasteiger partial charge in [-0.25, -0.2) is 0 Å². The van der Waals surface area contributed by atoms with Crippen LogP contribution in [-0.2, 0) is 16.1 Å². The lowest BCUT2D eigenvalue weighted by atomic mass is 10.1. The van der Waals surface area contributed by atoms with Crippen molar-refractivity contribution < 1.29 is 19.1 Å². The second kappa shape index (κ2) is 13.4. The summed E-state index contributed by atoms with van der Waals surface area (Å²) in [6.07, 6.45) is 1.43. The Labute approximate surface area is 191 Å². The Morgan fingerprint density at radius 1 is 1.03 bits per heavy atom. The van der Waals surface area contributed by atoms with Gasteiger partial charge >= 0.3 is 0 Å². The Morgan fingerprint density at radius 2 is 1.75 bits per heavy atom. The number of para-hydroxylation sites is 1. The Morgan fingerprint density at radius 3 is 2.41 bits per heavy atom. The number of hydrogen-bond donors (Lipinski definition) is 1. The van der Waals surface area contributed by atoms with E-state index in [1.54, 1.807) is 12.0 Å². The van der Waals surface area contributed by atoms with E-state index in [2.05, 4.69) is 5.32 Å². The molecule has 2 aromatic carbocycles. The van der Waals surface area contributed by atoms with Gasteiger partial charge in [0.1, 0.15) is 17.5 Å². The van der Waals surface area contributed by atoms with Gasteiger partial charge in [0.15, 0.2) is 0 Å². The third kappa shape index (κ3) is 8.25. The van der Waals surface area contributed by atoms with Crippen LogP contribution in [0.15, 0.2) is 54.6 Å². The second-order valence-electron chi connectivity index (χ2n) is 8.20. The van der Waals surface area contributed by atoms with Gasteiger partial charge in [0.2, 0.25) is 11.8 Å². The molecule has 2 rings (SSSR count). The molecule has 0 aliphatic rings. The van der Waals surface area contributed by atoms with Crippen LogP contribution in [0.4, 0.5) is 0 Å². The Hall–Kier alpha value is -3.02. The lowest BCUT2D eigenvalue weighted by Gasteiger charge is -2.31. The molecule has 0 fully saturated rings. The van der Waals surface area contributed by atoms with E-state index in [1.165, 1.54) is 0 Å². The molecule has 0 saturated heterocycles. The van der Waals surface area contributed by atoms with Crippen LogP contribution in [0.3, 0.4) is 0 Å². The zero-order valence-corrected chi connectivity index (χ0v) is 19.7. The Kier molecular flexibility index (Phi) is 10.6. The van der Waals surface area contributed by atoms with Gasteiger partial charge in [-0.3, -0.25) is 9.59 Å². The van der Waals surface area contributed by atoms with E-state index in [4.69, 9.17) is 9.47 Å². The number of benzene rings is 2. The zero-order valence-electron chi connectivity index (χ0n) is 19.7. The number of hydrogen-bond acceptors (Lipinski definition) is 4. The van der Waals surface area contributed by atoms with Crippen LogP contribution in [0.2, 0.25) is 0 Å². The second-order valence-corrected chi connectivity index (χ2v) is 8.20. The standard InChI is InChI=1S/C26H36N2O4/c1-5-24(26(30)27-18-20(2)3)28(19-21-11-9-14-23(17-21)31-4)25(29)15-10-16-32-22-12-7-6-8-13-22/h6-9,11-14,17,20,24H,5,10,15-16,18-19H2,1-4H3,(H,27,30)/t24-/m1/s1. The van der Waals surface area contributed by atoms with Crippen molar-refractivity contribution in [1.82, 2.24) is 10.2 Å². The summed E-state index contributed by atoms with van der Waals surface area (Å²) in [7, 11) is 1.61. The average Bonchev–Trinajstić information content (AvgIpc) is 2.81. The summed E-state index contributed by atoms with van der Waals surface area (Å²) >= 11 is 0. The van der Waals surface area contributed by atoms with Gasteiger partial charge in [-0.05, 0) is 48.6 Å². The molecule has 0 unspecified atom stereocenters. The molecule has 6 nitrogen and oxygen atoms in total. The van der Waals surface area contributed by atoms with E-state index in [9.17, 15) is 9.59 Å². The Bertz CT molecular complexity index is 839. The molecular formula is C26H36N2O4. The molecule has 0 saturated carbocycles. The quantitative estimate of drug-likeness (QED) is 0.468. The molecule has 2 aromatic rings. The van der Waals surface area contributed by atoms with Crippen LogP contribution >= 0.6 is 0 Å². The minimum absolute atomic E-state index is 0.0592. The van der Waals surface area contributed by atoms with Gasteiger partial charge in [0.25, 0.3) is 0 Å². The molecule has 0 heterocycles. The molecular weight excluding hydrogens is 404 g/mol. The Balaban J connectivity index is 2.08. The largest absolute Gasteiger partial charge is 0.497 e. The van der Waals surface area contributed by atoms with E-state index < -0.39 is 6.04 Å². The smallest absolute Gasteiger partial charge is 0.242 e. The van der Waals surface area contributed by atoms with Crippen molar-refractivity contribution in [2.45, 2.75) is 52.6 Å². The van der Waals surface area contributed by atoms with Crippen LogP contribution in [0.25, 0.3) is 0 Å². The molecule has 0 aliphatic heterocycles. The van der Waals surface area contributed by atoms with Gasteiger partial charge in [0, 0.05) is 19.5 Å². The van der Waals surface area contributed by atoms with Crippen LogP contribution in [0.1, 0.15) is 45.6 Å². The van der Waals surface area contributed by atoms with Crippen molar-refractivity contribution in [1.29, 1.82) is 0 Å². The van der Waals surface area contributed by atoms with Crippen molar-refractivity contribution >= 4 is 11.8 Å². The normalized spacial score (nSPS) is 11.7. The van der Waals surface area contributed by atoms with Crippen molar-refractivity contribution in [3.05, 3.63) is 60.2 Å². The third-order valence-corrected chi connectivity index (χ3v) is 5.10. The fraction of sp³-hybridized carbons (Fsp3) is 0.462. The van der Waals surface area contributed by atoms with E-state index in [1.807, 2.05) is 75.4 Å². The van der Waals surface area contributed by atoms with Crippen LogP contribution in [0.5, 0.6) is 11.5 Å². The lowest BCUT2D eigenvalue weighted by molar-refractivity contribution is -0.141. The minimum Gasteiger partial charge on any atom is -0.497 e. The van der Waals surface area contributed by atoms with Gasteiger partial charge in [-0.15, -0.1) is 0 Å². The SMILES string of the molecule is CC[C@H](C(=O)NCC(C)C)N(Cc1cccc(OC)c1)C(=O)CCCOc1ccccc1. The van der Waals surface area contributed by atoms with E-state index in [0.29, 0.717) is 44.9 Å². The summed E-state index contributed by atoms with van der Waals surface area (Å²) in [5.74, 6) is 1.68. The maximum atomic E-state index is 13.2. The molecule has 32 heavy (non-hydrogen) atoms. The predicted octanol–water partition coefficient (Wildman–Crippen LogP) is 4.43. The molecule has 0 radical (unpaired) electrons. The summed E-state index contributed by atoms with van der Waals surface area (Å²) in [5.41, 5.74) is 0.924. The van der Waals surface area contributed by atoms with Gasteiger partial charge in [-0.2, -0.15) is 0 Å². The highest BCUT2D eigenvalue weighted by Gasteiger charge is 2.28. The van der Waals surface area contributed by atoms with Gasteiger partial charge in [-0.1, -0.05) is 51.1 Å². The first kappa shape index (κ1) is 25.2. The first-order valence-corrected chi connectivity index (χ1v) is 11.3. The van der Waals surface area contributed by atoms with Crippen LogP contribution in [-0.4, -0.2) is 43.0 Å². The topological polar surface area (TPSA) is 67.9 Å². The molecule has 174 valence electrons. The molecule has 1 N–H and O–H groups in total. The van der Waals surface area contributed by atoms with Crippen molar-refractivity contribution in [3.8, 4) is 11.5 Å². The fourth-order valence-electron chi connectivity index (χ4n) is 3.38. The van der Waals surface area contributed by atoms with Gasteiger partial charge < -0.3 is 19.7 Å². The highest BCUT2D eigenvalue weighted by atomic mass is 16.5. The number of nitrogens with one attached hydrogen (secondary N) is 1. The summed E-state index contributed by atoms with van der Waals surface area (Å²) in [6, 6.07) is 16.6. The van der Waals surface area contributed by atoms with Gasteiger partial charge in [0.05, 0.1) is 13.7 Å². The van der Waals surface area contributed by atoms with E-state index in [0.717, 1.165) is 17.1 Å². The molecule has 0 spiro atoms. The third-order valence-electron chi connectivity index (χ3n) is 5.10. The molecule has 0 bridgehead atoms. The molecule has 0 aliphatic carbocycles. The number of carbonyl (C=O) groups excluding carboxylic acids is 2. The number of ether oxygens (including phenoxy) is 2. The van der Waals surface area contributed by atoms with Crippen LogP contribution < -0.4 is 14.8 Å². The average molecular weight is 441 g/mol.